The van der Waals surface area contributed by atoms with Crippen molar-refractivity contribution in [2.24, 2.45) is 5.92 Å². The molecule has 1 N–H and O–H groups in total. The predicted octanol–water partition coefficient (Wildman–Crippen LogP) is 2.92. The Kier molecular flexibility index (Phi) is 4.92. The number of halogens is 4. The lowest BCUT2D eigenvalue weighted by molar-refractivity contribution is -0.144. The minimum absolute atomic E-state index is 0.190. The molecule has 0 radical (unpaired) electrons. The Hall–Kier alpha value is -2.69. The molecule has 1 aliphatic heterocycles. The molecule has 8 nitrogen and oxygen atoms in total. The Bertz CT molecular complexity index is 968. The number of nitrogens with zero attached hydrogens (tertiary/aromatic N) is 7. The zero-order valence-corrected chi connectivity index (χ0v) is 15.3. The number of alkyl halides is 3. The van der Waals surface area contributed by atoms with Crippen LogP contribution in [0.4, 0.5) is 24.8 Å². The van der Waals surface area contributed by atoms with Gasteiger partial charge in [-0.25, -0.2) is 9.97 Å². The van der Waals surface area contributed by atoms with Crippen LogP contribution in [0.3, 0.4) is 0 Å². The van der Waals surface area contributed by atoms with Gasteiger partial charge in [0.05, 0.1) is 0 Å². The topological polar surface area (TPSA) is 84.1 Å². The van der Waals surface area contributed by atoms with Crippen molar-refractivity contribution in [2.45, 2.75) is 19.0 Å². The molecule has 4 rings (SSSR count). The van der Waals surface area contributed by atoms with Crippen molar-refractivity contribution < 1.29 is 13.2 Å². The van der Waals surface area contributed by atoms with E-state index in [0.29, 0.717) is 42.8 Å². The smallest absolute Gasteiger partial charge is 0.368 e. The van der Waals surface area contributed by atoms with E-state index in [1.165, 1.54) is 10.6 Å². The van der Waals surface area contributed by atoms with Crippen LogP contribution < -0.4 is 10.2 Å². The molecule has 1 saturated heterocycles. The van der Waals surface area contributed by atoms with Crippen LogP contribution in [0.25, 0.3) is 5.65 Å². The maximum atomic E-state index is 12.8. The highest BCUT2D eigenvalue weighted by Gasteiger charge is 2.35. The van der Waals surface area contributed by atoms with Gasteiger partial charge in [-0.15, -0.1) is 15.3 Å². The first-order valence-corrected chi connectivity index (χ1v) is 9.05. The summed E-state index contributed by atoms with van der Waals surface area (Å²) in [6, 6.07) is 5.08. The van der Waals surface area contributed by atoms with Gasteiger partial charge in [0.15, 0.2) is 5.65 Å². The van der Waals surface area contributed by atoms with Crippen LogP contribution in [-0.4, -0.2) is 49.4 Å². The third-order valence-corrected chi connectivity index (χ3v) is 4.87. The van der Waals surface area contributed by atoms with Crippen LogP contribution in [0, 0.1) is 5.92 Å². The quantitative estimate of drug-likeness (QED) is 0.705. The van der Waals surface area contributed by atoms with Crippen molar-refractivity contribution in [2.75, 3.05) is 29.9 Å². The Labute approximate surface area is 162 Å². The first-order valence-electron chi connectivity index (χ1n) is 8.67. The molecule has 0 bridgehead atoms. The van der Waals surface area contributed by atoms with E-state index in [4.69, 9.17) is 11.6 Å². The number of hydrogen-bond acceptors (Lipinski definition) is 7. The van der Waals surface area contributed by atoms with Gasteiger partial charge in [0.2, 0.25) is 11.1 Å². The number of piperidine rings is 1. The summed E-state index contributed by atoms with van der Waals surface area (Å²) >= 11 is 5.92. The first kappa shape index (κ1) is 18.7. The van der Waals surface area contributed by atoms with Crippen LogP contribution in [-0.2, 0) is 6.18 Å². The normalized spacial score (nSPS) is 15.9. The van der Waals surface area contributed by atoms with Gasteiger partial charge in [0, 0.05) is 25.8 Å². The Morgan fingerprint density at radius 3 is 2.68 bits per heavy atom. The maximum absolute atomic E-state index is 12.8. The highest BCUT2D eigenvalue weighted by Crippen LogP contribution is 2.28. The molecule has 0 aliphatic carbocycles. The van der Waals surface area contributed by atoms with Crippen molar-refractivity contribution in [1.29, 1.82) is 0 Å². The first-order chi connectivity index (χ1) is 13.4. The van der Waals surface area contributed by atoms with Gasteiger partial charge in [-0.3, -0.25) is 0 Å². The second-order valence-electron chi connectivity index (χ2n) is 6.51. The van der Waals surface area contributed by atoms with Crippen LogP contribution in [0.2, 0.25) is 5.28 Å². The van der Waals surface area contributed by atoms with Crippen molar-refractivity contribution in [3.63, 3.8) is 0 Å². The zero-order valence-electron chi connectivity index (χ0n) is 14.6. The summed E-state index contributed by atoms with van der Waals surface area (Å²) in [4.78, 5) is 8.82. The monoisotopic (exact) mass is 412 g/mol. The molecule has 0 spiro atoms. The number of nitrogens with one attached hydrogen (secondary N) is 1. The van der Waals surface area contributed by atoms with Gasteiger partial charge < -0.3 is 10.2 Å². The second kappa shape index (κ2) is 7.38. The standard InChI is InChI=1S/C16H16ClF3N8/c17-15-25-24-13-2-1-11(26-28(13)15)22-9-10-4-7-27(8-5-10)12-3-6-21-14(23-12)16(18,19)20/h1-3,6,10H,4-5,7-9H2,(H,22,26). The molecule has 4 heterocycles. The predicted molar refractivity (Wildman–Crippen MR) is 96.3 cm³/mol. The highest BCUT2D eigenvalue weighted by molar-refractivity contribution is 6.28. The fourth-order valence-electron chi connectivity index (χ4n) is 3.13. The molecular formula is C16H16ClF3N8. The van der Waals surface area contributed by atoms with Gasteiger partial charge in [0.1, 0.15) is 11.6 Å². The molecule has 0 unspecified atom stereocenters. The molecule has 3 aromatic heterocycles. The lowest BCUT2D eigenvalue weighted by Gasteiger charge is -2.33. The molecular weight excluding hydrogens is 397 g/mol. The van der Waals surface area contributed by atoms with Crippen LogP contribution >= 0.6 is 11.6 Å². The summed E-state index contributed by atoms with van der Waals surface area (Å²) in [5.74, 6) is 0.224. The zero-order chi connectivity index (χ0) is 19.7. The molecule has 0 amide bonds. The summed E-state index contributed by atoms with van der Waals surface area (Å²) in [5.41, 5.74) is 0.562. The molecule has 0 saturated carbocycles. The van der Waals surface area contributed by atoms with Gasteiger partial charge in [-0.1, -0.05) is 0 Å². The summed E-state index contributed by atoms with van der Waals surface area (Å²) in [6.45, 7) is 1.96. The van der Waals surface area contributed by atoms with E-state index in [0.717, 1.165) is 19.0 Å². The van der Waals surface area contributed by atoms with Crippen molar-refractivity contribution in [3.05, 3.63) is 35.5 Å². The summed E-state index contributed by atoms with van der Waals surface area (Å²) in [7, 11) is 0. The Morgan fingerprint density at radius 1 is 1.14 bits per heavy atom. The largest absolute Gasteiger partial charge is 0.451 e. The van der Waals surface area contributed by atoms with E-state index in [2.05, 4.69) is 30.6 Å². The van der Waals surface area contributed by atoms with Crippen LogP contribution in [0.1, 0.15) is 18.7 Å². The van der Waals surface area contributed by atoms with Gasteiger partial charge in [0.25, 0.3) is 0 Å². The van der Waals surface area contributed by atoms with Gasteiger partial charge in [-0.2, -0.15) is 17.7 Å². The number of fused-ring (bicyclic) bond motifs is 1. The van der Waals surface area contributed by atoms with E-state index in [1.54, 1.807) is 12.1 Å². The Morgan fingerprint density at radius 2 is 1.93 bits per heavy atom. The summed E-state index contributed by atoms with van der Waals surface area (Å²) in [6.07, 6.45) is -1.74. The van der Waals surface area contributed by atoms with Crippen LogP contribution in [0.5, 0.6) is 0 Å². The lowest BCUT2D eigenvalue weighted by atomic mass is 9.97. The van der Waals surface area contributed by atoms with E-state index < -0.39 is 12.0 Å². The summed E-state index contributed by atoms with van der Waals surface area (Å²) < 4.78 is 39.8. The fourth-order valence-corrected chi connectivity index (χ4v) is 3.30. The molecule has 3 aromatic rings. The number of aromatic nitrogens is 6. The van der Waals surface area contributed by atoms with Crippen molar-refractivity contribution in [1.82, 2.24) is 29.8 Å². The van der Waals surface area contributed by atoms with E-state index in [-0.39, 0.29) is 5.28 Å². The fraction of sp³-hybridized carbons (Fsp3) is 0.438. The number of anilines is 2. The van der Waals surface area contributed by atoms with Crippen molar-refractivity contribution in [3.8, 4) is 0 Å². The average molecular weight is 413 g/mol. The molecule has 1 aliphatic rings. The average Bonchev–Trinajstić information content (AvgIpc) is 3.07. The number of hydrogen-bond donors (Lipinski definition) is 1. The van der Waals surface area contributed by atoms with Crippen molar-refractivity contribution >= 4 is 28.9 Å². The maximum Gasteiger partial charge on any atom is 0.451 e. The van der Waals surface area contributed by atoms with Gasteiger partial charge in [-0.05, 0) is 48.6 Å². The molecule has 28 heavy (non-hydrogen) atoms. The molecule has 12 heteroatoms. The third kappa shape index (κ3) is 3.93. The SMILES string of the molecule is FC(F)(F)c1nccc(N2CCC(CNc3ccc4nnc(Cl)n4n3)CC2)n1. The highest BCUT2D eigenvalue weighted by atomic mass is 35.5. The van der Waals surface area contributed by atoms with E-state index in [9.17, 15) is 13.2 Å². The second-order valence-corrected chi connectivity index (χ2v) is 6.84. The van der Waals surface area contributed by atoms with Gasteiger partial charge >= 0.3 is 6.18 Å². The number of rotatable bonds is 4. The van der Waals surface area contributed by atoms with E-state index in [1.807, 2.05) is 4.90 Å². The minimum atomic E-state index is -4.54. The Balaban J connectivity index is 1.33. The molecule has 0 atom stereocenters. The minimum Gasteiger partial charge on any atom is -0.368 e. The lowest BCUT2D eigenvalue weighted by Crippen LogP contribution is -2.36. The molecule has 148 valence electrons. The summed E-state index contributed by atoms with van der Waals surface area (Å²) in [5, 5.41) is 15.4. The van der Waals surface area contributed by atoms with Crippen LogP contribution in [0.15, 0.2) is 24.4 Å². The molecule has 0 aromatic carbocycles. The third-order valence-electron chi connectivity index (χ3n) is 4.63. The molecule has 1 fully saturated rings. The van der Waals surface area contributed by atoms with E-state index >= 15 is 0 Å².